The number of rotatable bonds is 6. The van der Waals surface area contributed by atoms with Gasteiger partial charge in [-0.05, 0) is 49.5 Å². The summed E-state index contributed by atoms with van der Waals surface area (Å²) in [5.41, 5.74) is 0.975. The zero-order chi connectivity index (χ0) is 16.5. The Labute approximate surface area is 166 Å². The van der Waals surface area contributed by atoms with Crippen LogP contribution in [0.1, 0.15) is 19.3 Å². The van der Waals surface area contributed by atoms with Crippen LogP contribution in [-0.4, -0.2) is 50.7 Å². The Hall–Kier alpha value is -0.700. The van der Waals surface area contributed by atoms with Crippen molar-refractivity contribution in [3.8, 4) is 0 Å². The summed E-state index contributed by atoms with van der Waals surface area (Å²) in [6.45, 7) is 2.82. The Morgan fingerprint density at radius 1 is 1.38 bits per heavy atom. The van der Waals surface area contributed by atoms with Crippen LogP contribution in [0.2, 0.25) is 0 Å². The maximum atomic E-state index is 13.3. The summed E-state index contributed by atoms with van der Waals surface area (Å²) < 4.78 is 13.3. The number of halogens is 2. The molecule has 2 N–H and O–H groups in total. The first-order valence-corrected chi connectivity index (χ1v) is 9.59. The second-order valence-corrected chi connectivity index (χ2v) is 6.72. The van der Waals surface area contributed by atoms with Crippen LogP contribution in [0.5, 0.6) is 0 Å². The Morgan fingerprint density at radius 2 is 2.12 bits per heavy atom. The summed E-state index contributed by atoms with van der Waals surface area (Å²) in [7, 11) is 1.81. The second kappa shape index (κ2) is 11.8. The lowest BCUT2D eigenvalue weighted by atomic mass is 10.0. The Bertz CT molecular complexity index is 507. The quantitative estimate of drug-likeness (QED) is 0.292. The number of hydrogen-bond acceptors (Lipinski definition) is 3. The van der Waals surface area contributed by atoms with Gasteiger partial charge in [-0.3, -0.25) is 4.99 Å². The number of nitrogens with one attached hydrogen (secondary N) is 2. The molecule has 1 aliphatic rings. The highest BCUT2D eigenvalue weighted by molar-refractivity contribution is 14.0. The van der Waals surface area contributed by atoms with Crippen molar-refractivity contribution in [3.63, 3.8) is 0 Å². The molecule has 0 radical (unpaired) electrons. The second-order valence-electron chi connectivity index (χ2n) is 5.73. The average Bonchev–Trinajstić information content (AvgIpc) is 2.58. The third kappa shape index (κ3) is 7.04. The van der Waals surface area contributed by atoms with E-state index in [1.807, 2.05) is 24.9 Å². The van der Waals surface area contributed by atoms with Gasteiger partial charge < -0.3 is 15.5 Å². The van der Waals surface area contributed by atoms with Gasteiger partial charge in [-0.1, -0.05) is 6.07 Å². The molecule has 0 aliphatic carbocycles. The van der Waals surface area contributed by atoms with E-state index in [4.69, 9.17) is 0 Å². The summed E-state index contributed by atoms with van der Waals surface area (Å²) in [4.78, 5) is 6.54. The van der Waals surface area contributed by atoms with E-state index in [1.165, 1.54) is 6.07 Å². The molecule has 24 heavy (non-hydrogen) atoms. The number of aliphatic imine (C=N–C) groups is 1. The van der Waals surface area contributed by atoms with Crippen molar-refractivity contribution >= 4 is 47.4 Å². The molecule has 0 bridgehead atoms. The summed E-state index contributed by atoms with van der Waals surface area (Å²) in [6.07, 6.45) is 5.32. The van der Waals surface area contributed by atoms with Gasteiger partial charge in [-0.15, -0.1) is 24.0 Å². The van der Waals surface area contributed by atoms with E-state index < -0.39 is 0 Å². The number of nitrogens with zero attached hydrogens (tertiary/aromatic N) is 2. The lowest BCUT2D eigenvalue weighted by Gasteiger charge is -2.34. The van der Waals surface area contributed by atoms with E-state index >= 15 is 0 Å². The van der Waals surface area contributed by atoms with Crippen molar-refractivity contribution in [1.82, 2.24) is 10.6 Å². The predicted octanol–water partition coefficient (Wildman–Crippen LogP) is 3.33. The summed E-state index contributed by atoms with van der Waals surface area (Å²) in [6, 6.07) is 7.27. The molecule has 0 atom stereocenters. The van der Waals surface area contributed by atoms with Gasteiger partial charge in [0.2, 0.25) is 0 Å². The van der Waals surface area contributed by atoms with E-state index in [2.05, 4.69) is 26.8 Å². The van der Waals surface area contributed by atoms with E-state index in [1.54, 1.807) is 12.1 Å². The fourth-order valence-electron chi connectivity index (χ4n) is 2.77. The maximum absolute atomic E-state index is 13.3. The van der Waals surface area contributed by atoms with Crippen LogP contribution >= 0.6 is 35.7 Å². The molecule has 0 spiro atoms. The minimum Gasteiger partial charge on any atom is -0.371 e. The van der Waals surface area contributed by atoms with E-state index in [0.717, 1.165) is 56.3 Å². The van der Waals surface area contributed by atoms with Gasteiger partial charge in [-0.25, -0.2) is 4.39 Å². The lowest BCUT2D eigenvalue weighted by Crippen LogP contribution is -2.49. The van der Waals surface area contributed by atoms with Gasteiger partial charge in [-0.2, -0.15) is 11.8 Å². The number of benzene rings is 1. The largest absolute Gasteiger partial charge is 0.371 e. The number of piperidine rings is 1. The summed E-state index contributed by atoms with van der Waals surface area (Å²) in [5, 5.41) is 6.86. The standard InChI is InChI=1S/C17H27FN4S.HI/c1-19-17(20-9-4-12-23-2)21-15-7-10-22(11-8-15)16-6-3-5-14(18)13-16;/h3,5-6,13,15H,4,7-12H2,1-2H3,(H2,19,20,21);1H. The van der Waals surface area contributed by atoms with E-state index in [0.29, 0.717) is 6.04 Å². The van der Waals surface area contributed by atoms with Crippen LogP contribution in [0, 0.1) is 5.82 Å². The molecule has 4 nitrogen and oxygen atoms in total. The van der Waals surface area contributed by atoms with Gasteiger partial charge in [0.05, 0.1) is 0 Å². The van der Waals surface area contributed by atoms with Crippen LogP contribution < -0.4 is 15.5 Å². The third-order valence-electron chi connectivity index (χ3n) is 4.05. The van der Waals surface area contributed by atoms with Crippen molar-refractivity contribution in [1.29, 1.82) is 0 Å². The molecule has 1 aliphatic heterocycles. The molecule has 0 unspecified atom stereocenters. The molecule has 1 aromatic rings. The first kappa shape index (κ1) is 21.3. The Morgan fingerprint density at radius 3 is 2.75 bits per heavy atom. The van der Waals surface area contributed by atoms with Gasteiger partial charge in [0.15, 0.2) is 5.96 Å². The van der Waals surface area contributed by atoms with Crippen LogP contribution in [-0.2, 0) is 0 Å². The molecular formula is C17H28FIN4S. The van der Waals surface area contributed by atoms with Crippen LogP contribution in [0.3, 0.4) is 0 Å². The minimum atomic E-state index is -0.169. The van der Waals surface area contributed by atoms with Crippen molar-refractivity contribution in [2.24, 2.45) is 4.99 Å². The molecule has 1 aromatic carbocycles. The predicted molar refractivity (Wildman–Crippen MR) is 115 cm³/mol. The molecule has 2 rings (SSSR count). The highest BCUT2D eigenvalue weighted by Gasteiger charge is 2.20. The average molecular weight is 466 g/mol. The molecule has 7 heteroatoms. The molecule has 136 valence electrons. The summed E-state index contributed by atoms with van der Waals surface area (Å²) >= 11 is 1.86. The smallest absolute Gasteiger partial charge is 0.191 e. The molecule has 1 fully saturated rings. The number of thioether (sulfide) groups is 1. The van der Waals surface area contributed by atoms with Gasteiger partial charge in [0.1, 0.15) is 5.82 Å². The molecule has 1 heterocycles. The maximum Gasteiger partial charge on any atom is 0.191 e. The zero-order valence-corrected chi connectivity index (χ0v) is 17.6. The molecular weight excluding hydrogens is 438 g/mol. The normalized spacial score (nSPS) is 15.8. The van der Waals surface area contributed by atoms with Gasteiger partial charge in [0, 0.05) is 38.4 Å². The SMILES string of the molecule is CN=C(NCCCSC)NC1CCN(c2cccc(F)c2)CC1.I. The summed E-state index contributed by atoms with van der Waals surface area (Å²) in [5.74, 6) is 1.88. The molecule has 0 saturated carbocycles. The monoisotopic (exact) mass is 466 g/mol. The minimum absolute atomic E-state index is 0. The van der Waals surface area contributed by atoms with Crippen LogP contribution in [0.25, 0.3) is 0 Å². The Balaban J connectivity index is 0.00000288. The first-order valence-electron chi connectivity index (χ1n) is 8.19. The van der Waals surface area contributed by atoms with E-state index in [-0.39, 0.29) is 29.8 Å². The van der Waals surface area contributed by atoms with E-state index in [9.17, 15) is 4.39 Å². The Kier molecular flexibility index (Phi) is 10.5. The highest BCUT2D eigenvalue weighted by atomic mass is 127. The van der Waals surface area contributed by atoms with Crippen LogP contribution in [0.15, 0.2) is 29.3 Å². The highest BCUT2D eigenvalue weighted by Crippen LogP contribution is 2.20. The number of anilines is 1. The first-order chi connectivity index (χ1) is 11.2. The number of guanidine groups is 1. The fourth-order valence-corrected chi connectivity index (χ4v) is 3.20. The van der Waals surface area contributed by atoms with Crippen LogP contribution in [0.4, 0.5) is 10.1 Å². The lowest BCUT2D eigenvalue weighted by molar-refractivity contribution is 0.461. The molecule has 1 saturated heterocycles. The molecule has 0 amide bonds. The number of hydrogen-bond donors (Lipinski definition) is 2. The van der Waals surface area contributed by atoms with Crippen molar-refractivity contribution in [3.05, 3.63) is 30.1 Å². The third-order valence-corrected chi connectivity index (χ3v) is 4.75. The van der Waals surface area contributed by atoms with Crippen molar-refractivity contribution in [2.75, 3.05) is 43.6 Å². The van der Waals surface area contributed by atoms with Crippen molar-refractivity contribution < 1.29 is 4.39 Å². The van der Waals surface area contributed by atoms with Crippen molar-refractivity contribution in [2.45, 2.75) is 25.3 Å². The zero-order valence-electron chi connectivity index (χ0n) is 14.4. The fraction of sp³-hybridized carbons (Fsp3) is 0.588. The van der Waals surface area contributed by atoms with Gasteiger partial charge in [0.25, 0.3) is 0 Å². The van der Waals surface area contributed by atoms with Gasteiger partial charge >= 0.3 is 0 Å². The molecule has 0 aromatic heterocycles. The topological polar surface area (TPSA) is 39.7 Å².